The zero-order valence-corrected chi connectivity index (χ0v) is 19.5. The van der Waals surface area contributed by atoms with Gasteiger partial charge in [-0.25, -0.2) is 0 Å². The van der Waals surface area contributed by atoms with E-state index in [0.717, 1.165) is 0 Å². The molecule has 0 bridgehead atoms. The molecule has 0 aliphatic heterocycles. The van der Waals surface area contributed by atoms with Crippen LogP contribution in [0.4, 0.5) is 0 Å². The second kappa shape index (κ2) is 7.62. The Morgan fingerprint density at radius 2 is 1.75 bits per heavy atom. The van der Waals surface area contributed by atoms with Gasteiger partial charge in [0.1, 0.15) is 5.41 Å². The number of hydrogen-bond acceptors (Lipinski definition) is 5. The standard InChI is InChI=1S/C17H30O5Si.Na/c1-15(2,3)23(7,8)22-12-10-9-11-16(4,13(18)19)17(12,5)14(20)21-6;/h9-10,12H,11H2,1-8H3,(H,18,19);/q;+1/p-1/t12-,16+,17-;/m0./s1. The number of hydrogen-bond donors (Lipinski definition) is 0. The number of aliphatic carboxylic acids is 1. The Morgan fingerprint density at radius 3 is 2.12 bits per heavy atom. The van der Waals surface area contributed by atoms with Gasteiger partial charge < -0.3 is 19.1 Å². The summed E-state index contributed by atoms with van der Waals surface area (Å²) in [6.07, 6.45) is 3.10. The summed E-state index contributed by atoms with van der Waals surface area (Å²) in [6, 6.07) is 0. The van der Waals surface area contributed by atoms with E-state index < -0.39 is 37.2 Å². The summed E-state index contributed by atoms with van der Waals surface area (Å²) in [5.41, 5.74) is -2.73. The Balaban J connectivity index is 0.00000529. The minimum Gasteiger partial charge on any atom is -0.550 e. The van der Waals surface area contributed by atoms with Crippen LogP contribution in [-0.2, 0) is 18.8 Å². The van der Waals surface area contributed by atoms with Gasteiger partial charge in [-0.15, -0.1) is 0 Å². The Morgan fingerprint density at radius 1 is 1.25 bits per heavy atom. The molecule has 0 aromatic carbocycles. The minimum atomic E-state index is -2.21. The first-order chi connectivity index (χ1) is 10.2. The van der Waals surface area contributed by atoms with Gasteiger partial charge in [0.25, 0.3) is 0 Å². The number of ether oxygens (including phenoxy) is 1. The summed E-state index contributed by atoms with van der Waals surface area (Å²) in [7, 11) is -0.941. The van der Waals surface area contributed by atoms with Gasteiger partial charge in [-0.3, -0.25) is 4.79 Å². The Labute approximate surface area is 168 Å². The molecule has 0 saturated heterocycles. The number of carboxylic acid groups (broad SMARTS) is 1. The molecule has 0 aromatic rings. The van der Waals surface area contributed by atoms with Crippen molar-refractivity contribution in [3.8, 4) is 0 Å². The summed E-state index contributed by atoms with van der Waals surface area (Å²) in [5.74, 6) is -1.85. The number of carbonyl (C=O) groups excluding carboxylic acids is 2. The minimum absolute atomic E-state index is 0. The topological polar surface area (TPSA) is 75.7 Å². The smallest absolute Gasteiger partial charge is 0.550 e. The van der Waals surface area contributed by atoms with Crippen LogP contribution in [0.25, 0.3) is 0 Å². The Kier molecular flexibility index (Phi) is 7.57. The molecule has 0 fully saturated rings. The number of esters is 1. The molecule has 3 atom stereocenters. The summed E-state index contributed by atoms with van der Waals surface area (Å²) >= 11 is 0. The van der Waals surface area contributed by atoms with Crippen molar-refractivity contribution >= 4 is 20.3 Å². The van der Waals surface area contributed by atoms with Gasteiger partial charge in [-0.1, -0.05) is 39.8 Å². The van der Waals surface area contributed by atoms with Crippen molar-refractivity contribution in [1.82, 2.24) is 0 Å². The van der Waals surface area contributed by atoms with Crippen LogP contribution in [-0.4, -0.2) is 33.5 Å². The normalized spacial score (nSPS) is 30.4. The maximum absolute atomic E-state index is 12.5. The maximum atomic E-state index is 12.5. The third-order valence-electron chi connectivity index (χ3n) is 5.84. The van der Waals surface area contributed by atoms with Crippen LogP contribution in [0.5, 0.6) is 0 Å². The second-order valence-electron chi connectivity index (χ2n) is 8.24. The number of allylic oxidation sites excluding steroid dienone is 1. The van der Waals surface area contributed by atoms with Gasteiger partial charge in [0, 0.05) is 11.4 Å². The van der Waals surface area contributed by atoms with Crippen LogP contribution in [0.2, 0.25) is 18.1 Å². The zero-order valence-electron chi connectivity index (χ0n) is 16.5. The molecule has 0 aromatic heterocycles. The first-order valence-corrected chi connectivity index (χ1v) is 10.8. The van der Waals surface area contributed by atoms with Crippen LogP contribution >= 0.6 is 0 Å². The second-order valence-corrected chi connectivity index (χ2v) is 13.0. The predicted molar refractivity (Wildman–Crippen MR) is 89.1 cm³/mol. The first-order valence-electron chi connectivity index (χ1n) is 7.88. The zero-order chi connectivity index (χ0) is 18.3. The summed E-state index contributed by atoms with van der Waals surface area (Å²) in [4.78, 5) is 24.4. The summed E-state index contributed by atoms with van der Waals surface area (Å²) < 4.78 is 11.3. The van der Waals surface area contributed by atoms with Crippen molar-refractivity contribution in [2.75, 3.05) is 7.11 Å². The molecule has 0 N–H and O–H groups in total. The van der Waals surface area contributed by atoms with Gasteiger partial charge in [0.15, 0.2) is 8.32 Å². The number of carbonyl (C=O) groups is 2. The Hall–Kier alpha value is -0.143. The SMILES string of the molecule is COC(=O)[C@]1(C)[C@@H](O[Si](C)(C)C(C)(C)C)C=CC[C@]1(C)C(=O)[O-].[Na+]. The molecular formula is C17H29NaO5Si. The average molecular weight is 364 g/mol. The molecule has 132 valence electrons. The van der Waals surface area contributed by atoms with Crippen molar-refractivity contribution in [3.05, 3.63) is 12.2 Å². The van der Waals surface area contributed by atoms with E-state index in [0.29, 0.717) is 0 Å². The fourth-order valence-corrected chi connectivity index (χ4v) is 3.95. The van der Waals surface area contributed by atoms with Crippen LogP contribution in [0.1, 0.15) is 41.0 Å². The molecule has 0 heterocycles. The third kappa shape index (κ3) is 3.83. The fraction of sp³-hybridized carbons (Fsp3) is 0.765. The van der Waals surface area contributed by atoms with Crippen molar-refractivity contribution in [1.29, 1.82) is 0 Å². The molecule has 0 radical (unpaired) electrons. The predicted octanol–water partition coefficient (Wildman–Crippen LogP) is -0.724. The van der Waals surface area contributed by atoms with E-state index in [1.54, 1.807) is 19.1 Å². The molecule has 7 heteroatoms. The van der Waals surface area contributed by atoms with Crippen LogP contribution in [0, 0.1) is 10.8 Å². The summed E-state index contributed by atoms with van der Waals surface area (Å²) in [5, 5.41) is 11.8. The van der Waals surface area contributed by atoms with Gasteiger partial charge in [0.05, 0.1) is 13.2 Å². The molecular weight excluding hydrogens is 335 g/mol. The van der Waals surface area contributed by atoms with Gasteiger partial charge >= 0.3 is 35.5 Å². The molecule has 0 unspecified atom stereocenters. The van der Waals surface area contributed by atoms with Crippen molar-refractivity contribution < 1.29 is 53.4 Å². The van der Waals surface area contributed by atoms with Gasteiger partial charge in [0.2, 0.25) is 0 Å². The van der Waals surface area contributed by atoms with Gasteiger partial charge in [-0.05, 0) is 31.5 Å². The van der Waals surface area contributed by atoms with Crippen molar-refractivity contribution in [3.63, 3.8) is 0 Å². The molecule has 0 amide bonds. The number of methoxy groups -OCH3 is 1. The molecule has 0 spiro atoms. The number of carboxylic acids is 1. The van der Waals surface area contributed by atoms with E-state index in [9.17, 15) is 14.7 Å². The van der Waals surface area contributed by atoms with E-state index in [1.807, 2.05) is 0 Å². The van der Waals surface area contributed by atoms with E-state index in [2.05, 4.69) is 33.9 Å². The van der Waals surface area contributed by atoms with Gasteiger partial charge in [-0.2, -0.15) is 0 Å². The molecule has 1 aliphatic rings. The molecule has 1 aliphatic carbocycles. The number of rotatable bonds is 4. The van der Waals surface area contributed by atoms with Crippen LogP contribution in [0.3, 0.4) is 0 Å². The summed E-state index contributed by atoms with van der Waals surface area (Å²) in [6.45, 7) is 13.6. The van der Waals surface area contributed by atoms with Crippen molar-refractivity contribution in [2.24, 2.45) is 10.8 Å². The third-order valence-corrected chi connectivity index (χ3v) is 10.3. The molecule has 0 saturated carbocycles. The van der Waals surface area contributed by atoms with Crippen LogP contribution in [0.15, 0.2) is 12.2 Å². The monoisotopic (exact) mass is 364 g/mol. The first kappa shape index (κ1) is 23.9. The average Bonchev–Trinajstić information content (AvgIpc) is 2.41. The van der Waals surface area contributed by atoms with E-state index in [1.165, 1.54) is 14.0 Å². The van der Waals surface area contributed by atoms with E-state index in [4.69, 9.17) is 9.16 Å². The van der Waals surface area contributed by atoms with Crippen LogP contribution < -0.4 is 34.7 Å². The largest absolute Gasteiger partial charge is 1.00 e. The van der Waals surface area contributed by atoms with E-state index >= 15 is 0 Å². The van der Waals surface area contributed by atoms with E-state index in [-0.39, 0.29) is 41.0 Å². The fourth-order valence-electron chi connectivity index (χ4n) is 2.65. The molecule has 24 heavy (non-hydrogen) atoms. The maximum Gasteiger partial charge on any atom is 1.00 e. The Bertz CT molecular complexity index is 526. The van der Waals surface area contributed by atoms with Crippen molar-refractivity contribution in [2.45, 2.75) is 65.3 Å². The molecule has 1 rings (SSSR count). The quantitative estimate of drug-likeness (QED) is 0.374. The molecule has 5 nitrogen and oxygen atoms in total.